The largest absolute Gasteiger partial charge is 0.481 e. The number of thiazole rings is 3. The molecular weight excluding hydrogens is 1660 g/mol. The molecule has 34 heteroatoms. The molecule has 0 radical (unpaired) electrons. The van der Waals surface area contributed by atoms with Crippen molar-refractivity contribution >= 4 is 105 Å². The summed E-state index contributed by atoms with van der Waals surface area (Å²) in [4.78, 5) is 168. The molecule has 0 aliphatic carbocycles. The molecular formula is C91H130N12O19S3. The Labute approximate surface area is 745 Å². The first-order valence-corrected chi connectivity index (χ1v) is 45.5. The number of nitrogens with two attached hydrogens (primary N) is 1. The number of nitrogens with zero attached hydrogens (tertiary/aromatic N) is 6. The van der Waals surface area contributed by atoms with E-state index in [-0.39, 0.29) is 131 Å². The van der Waals surface area contributed by atoms with Crippen molar-refractivity contribution in [1.29, 1.82) is 0 Å². The topological polar surface area (TPSA) is 459 Å². The standard InChI is InChI=1S/C31H44N4O6S.C29H40N4O6S.C22H30N4O3S.C9H16O4/c1-6-41-26(38)11-9-7-8-10-25(37)34-28(31(3,4)5)30(40)35-18-23(36)16-24(35)29(39)32-17-21-12-14-22(15-13-21)27-20(2)33-19-42-27;1-18-25(40-17-31-18)20-12-10-19(11-13-20)15-30-27(38)22-14-21(34)16-33(22)28(39)26(29(2,3)4)32-23(35)8-6-5-7-9-24(36)37;1-13-18(30-12-25-13)15-7-5-14(6-8-15)10-24-20(28)17-9-16(27)11-26(17)21(29)19(23)22(2,3)4;1-2-13-9(12)7-5-3-4-6-8(10)11/h12-15,19,23-24,28,36H,6-11,16-18H2,1-5H3,(H,32,39)(H,34,37);10-13,17,21-22,26,34H,5-9,14-16H2,1-4H3,(H,30,38)(H,32,35)(H,36,37);5-8,12,16-17,19,27H,9-11,23H2,1-4H3,(H,24,28);2-7H2,1H3,(H,10,11)/t23-,24+,28-;21-,22+,26-;16-,17+,19-;/m111./s1. The predicted molar refractivity (Wildman–Crippen MR) is 479 cm³/mol. The van der Waals surface area contributed by atoms with E-state index in [1.807, 2.05) is 172 Å². The highest BCUT2D eigenvalue weighted by Gasteiger charge is 2.47. The Hall–Kier alpha value is -9.97. The Morgan fingerprint density at radius 3 is 0.936 bits per heavy atom. The van der Waals surface area contributed by atoms with Gasteiger partial charge in [0.1, 0.15) is 30.2 Å². The number of rotatable bonds is 37. The van der Waals surface area contributed by atoms with E-state index in [9.17, 15) is 72.9 Å². The molecule has 8 amide bonds. The van der Waals surface area contributed by atoms with Gasteiger partial charge < -0.3 is 82.0 Å². The molecule has 686 valence electrons. The van der Waals surface area contributed by atoms with Crippen LogP contribution in [0.2, 0.25) is 0 Å². The summed E-state index contributed by atoms with van der Waals surface area (Å²) in [6, 6.07) is 18.8. The van der Waals surface area contributed by atoms with Crippen LogP contribution in [0.4, 0.5) is 0 Å². The summed E-state index contributed by atoms with van der Waals surface area (Å²) >= 11 is 4.75. The summed E-state index contributed by atoms with van der Waals surface area (Å²) < 4.78 is 9.63. The third-order valence-corrected chi connectivity index (χ3v) is 24.3. The SMILES string of the molecule is CCOC(=O)CCCCCC(=O)N[C@H](C(=O)N1C[C@H](O)C[C@H]1C(=O)NCc1ccc(-c2scnc2C)cc1)C(C)(C)C.CCOC(=O)CCCCCC(=O)O.Cc1ncsc1-c1ccc(CNC(=O)[C@@H]2C[C@@H](O)CN2C(=O)[C@@H](N)C(C)(C)C)cc1.Cc1ncsc1-c1ccc(CNC(=O)[C@@H]2C[C@@H](O)CN2C(=O)[C@@H](NC(=O)CCCCCC(=O)O)C(C)(C)C)cc1. The van der Waals surface area contributed by atoms with Gasteiger partial charge >= 0.3 is 23.9 Å². The lowest BCUT2D eigenvalue weighted by atomic mass is 9.85. The number of likely N-dealkylation sites (tertiary alicyclic amines) is 3. The number of benzene rings is 3. The van der Waals surface area contributed by atoms with Crippen molar-refractivity contribution in [2.45, 2.75) is 287 Å². The molecule has 125 heavy (non-hydrogen) atoms. The number of esters is 2. The Morgan fingerprint density at radius 2 is 0.688 bits per heavy atom. The fourth-order valence-corrected chi connectivity index (χ4v) is 16.6. The second-order valence-electron chi connectivity index (χ2n) is 34.9. The number of carboxylic acid groups (broad SMARTS) is 2. The van der Waals surface area contributed by atoms with Crippen LogP contribution in [-0.4, -0.2) is 214 Å². The number of aromatic nitrogens is 3. The summed E-state index contributed by atoms with van der Waals surface area (Å²) in [6.07, 6.45) is 5.04. The number of carbonyl (C=O) groups excluding carboxylic acids is 10. The van der Waals surface area contributed by atoms with Gasteiger partial charge in [-0.25, -0.2) is 15.0 Å². The number of amides is 8. The number of carbonyl (C=O) groups is 12. The lowest BCUT2D eigenvalue weighted by molar-refractivity contribution is -0.144. The van der Waals surface area contributed by atoms with Crippen molar-refractivity contribution in [2.24, 2.45) is 22.0 Å². The van der Waals surface area contributed by atoms with E-state index in [0.717, 1.165) is 71.5 Å². The average Bonchev–Trinajstić information content (AvgIpc) is 1.66. The summed E-state index contributed by atoms with van der Waals surface area (Å²) in [5.41, 5.74) is 18.8. The Morgan fingerprint density at radius 1 is 0.416 bits per heavy atom. The number of aliphatic hydroxyl groups is 3. The monoisotopic (exact) mass is 1790 g/mol. The van der Waals surface area contributed by atoms with Gasteiger partial charge in [0.25, 0.3) is 0 Å². The number of hydrogen-bond acceptors (Lipinski definition) is 24. The highest BCUT2D eigenvalue weighted by atomic mass is 32.1. The van der Waals surface area contributed by atoms with Crippen LogP contribution in [-0.2, 0) is 86.6 Å². The van der Waals surface area contributed by atoms with Gasteiger partial charge in [-0.1, -0.05) is 154 Å². The molecule has 3 fully saturated rings. The first kappa shape index (κ1) is 104. The van der Waals surface area contributed by atoms with E-state index in [0.29, 0.717) is 84.0 Å². The molecule has 0 unspecified atom stereocenters. The maximum absolute atomic E-state index is 13.7. The minimum atomic E-state index is -0.887. The van der Waals surface area contributed by atoms with Gasteiger partial charge in [0.05, 0.1) is 85.8 Å². The van der Waals surface area contributed by atoms with E-state index in [1.165, 1.54) is 14.7 Å². The lowest BCUT2D eigenvalue weighted by Crippen LogP contribution is -2.57. The molecule has 0 saturated carbocycles. The zero-order valence-corrected chi connectivity index (χ0v) is 77.1. The molecule has 0 spiro atoms. The van der Waals surface area contributed by atoms with Crippen LogP contribution in [0.3, 0.4) is 0 Å². The van der Waals surface area contributed by atoms with Gasteiger partial charge in [0.15, 0.2) is 0 Å². The van der Waals surface area contributed by atoms with Gasteiger partial charge in [-0.2, -0.15) is 0 Å². The second-order valence-corrected chi connectivity index (χ2v) is 37.5. The minimum absolute atomic E-state index is 0.0114. The molecule has 3 aromatic carbocycles. The van der Waals surface area contributed by atoms with E-state index < -0.39 is 88.7 Å². The van der Waals surface area contributed by atoms with Crippen molar-refractivity contribution in [2.75, 3.05) is 32.8 Å². The van der Waals surface area contributed by atoms with E-state index >= 15 is 0 Å². The first-order valence-electron chi connectivity index (χ1n) is 42.9. The molecule has 0 bridgehead atoms. The number of β-amino-alcohol motifs (C(OH)–C–C–N with tert-alkyl or cyclic N) is 3. The maximum Gasteiger partial charge on any atom is 0.305 e. The molecule has 3 aromatic heterocycles. The number of aryl methyl sites for hydroxylation is 3. The average molecular weight is 1790 g/mol. The number of unbranched alkanes of at least 4 members (excludes halogenated alkanes) is 6. The third kappa shape index (κ3) is 34.0. The number of aliphatic hydroxyl groups excluding tert-OH is 3. The lowest BCUT2D eigenvalue weighted by Gasteiger charge is -2.35. The van der Waals surface area contributed by atoms with Gasteiger partial charge in [-0.05, 0) is 123 Å². The molecule has 12 N–H and O–H groups in total. The van der Waals surface area contributed by atoms with Gasteiger partial charge in [-0.3, -0.25) is 57.5 Å². The normalized spacial score (nSPS) is 17.5. The maximum atomic E-state index is 13.7. The highest BCUT2D eigenvalue weighted by molar-refractivity contribution is 7.14. The zero-order chi connectivity index (χ0) is 92.5. The quantitative estimate of drug-likeness (QED) is 0.0127. The second kappa shape index (κ2) is 50.4. The van der Waals surface area contributed by atoms with Crippen molar-refractivity contribution < 1.29 is 92.5 Å². The number of hydrogen-bond donors (Lipinski definition) is 11. The fraction of sp³-hybridized carbons (Fsp3) is 0.571. The molecule has 3 aliphatic heterocycles. The highest BCUT2D eigenvalue weighted by Crippen LogP contribution is 2.34. The number of ether oxygens (including phenoxy) is 2. The fourth-order valence-electron chi connectivity index (χ4n) is 14.2. The zero-order valence-electron chi connectivity index (χ0n) is 74.7. The van der Waals surface area contributed by atoms with Crippen LogP contribution in [0.5, 0.6) is 0 Å². The molecule has 31 nitrogen and oxygen atoms in total. The summed E-state index contributed by atoms with van der Waals surface area (Å²) in [5, 5.41) is 62.3. The predicted octanol–water partition coefficient (Wildman–Crippen LogP) is 10.7. The van der Waals surface area contributed by atoms with Gasteiger partial charge in [0, 0.05) is 97.1 Å². The third-order valence-electron chi connectivity index (χ3n) is 21.4. The number of carboxylic acids is 2. The van der Waals surface area contributed by atoms with E-state index in [2.05, 4.69) is 41.5 Å². The molecule has 9 rings (SSSR count). The van der Waals surface area contributed by atoms with Crippen molar-refractivity contribution in [3.05, 3.63) is 123 Å². The summed E-state index contributed by atoms with van der Waals surface area (Å²) in [7, 11) is 0. The Bertz CT molecular complexity index is 4510. The van der Waals surface area contributed by atoms with Crippen LogP contribution in [0.1, 0.15) is 226 Å². The first-order chi connectivity index (χ1) is 59.0. The molecule has 3 saturated heterocycles. The van der Waals surface area contributed by atoms with Crippen LogP contribution in [0, 0.1) is 37.0 Å². The van der Waals surface area contributed by atoms with E-state index in [1.54, 1.807) is 47.9 Å². The van der Waals surface area contributed by atoms with Gasteiger partial charge in [0.2, 0.25) is 47.3 Å². The Balaban J connectivity index is 0.000000273. The van der Waals surface area contributed by atoms with Crippen LogP contribution in [0.25, 0.3) is 31.3 Å². The molecule has 6 aromatic rings. The minimum Gasteiger partial charge on any atom is -0.481 e. The van der Waals surface area contributed by atoms with E-state index in [4.69, 9.17) is 25.4 Å². The van der Waals surface area contributed by atoms with Crippen LogP contribution < -0.4 is 32.3 Å². The summed E-state index contributed by atoms with van der Waals surface area (Å²) in [5.74, 6) is -4.74. The van der Waals surface area contributed by atoms with Gasteiger partial charge in [-0.15, -0.1) is 34.0 Å². The van der Waals surface area contributed by atoms with Crippen molar-refractivity contribution in [3.63, 3.8) is 0 Å². The van der Waals surface area contributed by atoms with Crippen molar-refractivity contribution in [3.8, 4) is 31.3 Å². The molecule has 3 aliphatic rings. The smallest absolute Gasteiger partial charge is 0.305 e. The number of aliphatic carboxylic acids is 2. The molecule has 9 atom stereocenters. The summed E-state index contributed by atoms with van der Waals surface area (Å²) in [6.45, 7) is 28.0. The molecule has 6 heterocycles. The Kier molecular flexibility index (Phi) is 41.9. The van der Waals surface area contributed by atoms with Crippen LogP contribution >= 0.6 is 34.0 Å². The van der Waals surface area contributed by atoms with Crippen molar-refractivity contribution in [1.82, 2.24) is 56.2 Å². The number of nitrogens with one attached hydrogen (secondary N) is 5. The van der Waals surface area contributed by atoms with Crippen LogP contribution in [0.15, 0.2) is 89.3 Å².